The second kappa shape index (κ2) is 15.6. The lowest BCUT2D eigenvalue weighted by Gasteiger charge is -2.44. The molecule has 11 atom stereocenters. The van der Waals surface area contributed by atoms with Crippen molar-refractivity contribution in [2.75, 3.05) is 6.61 Å². The minimum absolute atomic E-state index is 0.253. The third kappa shape index (κ3) is 9.94. The molecule has 2 saturated carbocycles. The van der Waals surface area contributed by atoms with Crippen LogP contribution in [-0.4, -0.2) is 114 Å². The van der Waals surface area contributed by atoms with E-state index in [9.17, 15) is 33.6 Å². The van der Waals surface area contributed by atoms with Crippen LogP contribution >= 0.6 is 0 Å². The molecule has 2 aliphatic carbocycles. The van der Waals surface area contributed by atoms with Crippen LogP contribution in [0.3, 0.4) is 0 Å². The first-order chi connectivity index (χ1) is 21.1. The normalized spacial score (nSPS) is 33.6. The van der Waals surface area contributed by atoms with E-state index in [0.29, 0.717) is 6.42 Å². The number of ether oxygens (including phenoxy) is 8. The summed E-state index contributed by atoms with van der Waals surface area (Å²) < 4.78 is 55.5. The highest BCUT2D eigenvalue weighted by Crippen LogP contribution is 2.53. The van der Waals surface area contributed by atoms with Crippen LogP contribution < -0.4 is 0 Å². The van der Waals surface area contributed by atoms with E-state index in [-0.39, 0.29) is 11.8 Å². The molecule has 0 aromatic heterocycles. The largest absolute Gasteiger partial charge is 0.463 e. The lowest BCUT2D eigenvalue weighted by molar-refractivity contribution is -0.291. The zero-order valence-corrected chi connectivity index (χ0v) is 27.3. The van der Waals surface area contributed by atoms with E-state index in [0.717, 1.165) is 41.5 Å². The fourth-order valence-corrected chi connectivity index (χ4v) is 6.65. The second-order valence-corrected chi connectivity index (χ2v) is 11.7. The number of hydrogen-bond acceptors (Lipinski definition) is 17. The van der Waals surface area contributed by atoms with Gasteiger partial charge in [0.15, 0.2) is 36.8 Å². The predicted octanol–water partition coefficient (Wildman–Crippen LogP) is -1.09. The molecule has 0 spiro atoms. The molecule has 18 heteroatoms. The summed E-state index contributed by atoms with van der Waals surface area (Å²) in [7, 11) is -2.16. The predicted molar refractivity (Wildman–Crippen MR) is 145 cm³/mol. The molecule has 0 N–H and O–H groups in total. The van der Waals surface area contributed by atoms with Crippen LogP contribution in [0.1, 0.15) is 54.9 Å². The molecule has 3 rings (SSSR count). The molecule has 252 valence electrons. The van der Waals surface area contributed by atoms with Gasteiger partial charge in [-0.2, -0.15) is 0 Å². The van der Waals surface area contributed by atoms with E-state index in [1.807, 2.05) is 0 Å². The van der Waals surface area contributed by atoms with Crippen LogP contribution in [0.2, 0.25) is 0 Å². The zero-order chi connectivity index (χ0) is 33.6. The second-order valence-electron chi connectivity index (χ2n) is 10.8. The molecule has 0 aromatic carbocycles. The Morgan fingerprint density at radius 1 is 0.511 bits per heavy atom. The lowest BCUT2D eigenvalue weighted by atomic mass is 9.89. The smallest absolute Gasteiger partial charge is 0.307 e. The van der Waals surface area contributed by atoms with Crippen LogP contribution in [0.15, 0.2) is 0 Å². The van der Waals surface area contributed by atoms with Gasteiger partial charge in [0, 0.05) is 54.4 Å². The van der Waals surface area contributed by atoms with Crippen molar-refractivity contribution in [1.82, 2.24) is 0 Å². The average Bonchev–Trinajstić information content (AvgIpc) is 3.69. The Morgan fingerprint density at radius 2 is 0.911 bits per heavy atom. The molecular formula is C27H38O17Si. The van der Waals surface area contributed by atoms with Crippen molar-refractivity contribution in [2.24, 2.45) is 11.8 Å². The fraction of sp³-hybridized carbons (Fsp3) is 0.741. The van der Waals surface area contributed by atoms with Crippen LogP contribution in [0.5, 0.6) is 0 Å². The molecule has 3 aliphatic rings. The minimum atomic E-state index is -2.16. The van der Waals surface area contributed by atoms with Gasteiger partial charge in [0.2, 0.25) is 0 Å². The van der Waals surface area contributed by atoms with E-state index < -0.39 is 114 Å². The Labute approximate surface area is 260 Å². The Kier molecular flexibility index (Phi) is 12.4. The van der Waals surface area contributed by atoms with Gasteiger partial charge < -0.3 is 46.7 Å². The molecule has 1 saturated heterocycles. The van der Waals surface area contributed by atoms with Gasteiger partial charge >= 0.3 is 51.8 Å². The van der Waals surface area contributed by atoms with E-state index in [4.69, 9.17) is 46.7 Å². The summed E-state index contributed by atoms with van der Waals surface area (Å²) in [4.78, 5) is 83.4. The lowest BCUT2D eigenvalue weighted by Crippen LogP contribution is -2.63. The molecule has 0 amide bonds. The van der Waals surface area contributed by atoms with Gasteiger partial charge in [0.1, 0.15) is 18.8 Å². The Bertz CT molecular complexity index is 1160. The number of carbonyl (C=O) groups excluding carboxylic acids is 7. The van der Waals surface area contributed by atoms with Crippen LogP contribution in [0.4, 0.5) is 0 Å². The number of hydrogen-bond donors (Lipinski definition) is 0. The number of esters is 7. The quantitative estimate of drug-likeness (QED) is 0.138. The van der Waals surface area contributed by atoms with Gasteiger partial charge in [-0.3, -0.25) is 33.6 Å². The number of rotatable bonds is 12. The summed E-state index contributed by atoms with van der Waals surface area (Å²) in [5.41, 5.74) is 0. The summed E-state index contributed by atoms with van der Waals surface area (Å²) in [5, 5.41) is 0. The molecule has 0 aromatic rings. The highest BCUT2D eigenvalue weighted by molar-refractivity contribution is 6.18. The van der Waals surface area contributed by atoms with Crippen molar-refractivity contribution in [3.63, 3.8) is 0 Å². The summed E-state index contributed by atoms with van der Waals surface area (Å²) in [6.07, 6.45) is -10.5. The SMILES string of the molecule is CC(=O)OCC1OC(O[SiH2]OC2C3CC3C(OC(C)=O)C(OC(C)=O)C2OC(C)=O)C(OC(C)=O)C(OC(C)=O)C1OC(C)=O. The van der Waals surface area contributed by atoms with E-state index >= 15 is 0 Å². The third-order valence-electron chi connectivity index (χ3n) is 7.05. The third-order valence-corrected chi connectivity index (χ3v) is 8.04. The van der Waals surface area contributed by atoms with Crippen molar-refractivity contribution in [3.05, 3.63) is 0 Å². The van der Waals surface area contributed by atoms with Crippen LogP contribution in [0, 0.1) is 11.8 Å². The van der Waals surface area contributed by atoms with Crippen molar-refractivity contribution in [3.8, 4) is 0 Å². The van der Waals surface area contributed by atoms with Gasteiger partial charge in [-0.15, -0.1) is 0 Å². The van der Waals surface area contributed by atoms with Crippen molar-refractivity contribution < 1.29 is 80.3 Å². The topological polar surface area (TPSA) is 212 Å². The highest BCUT2D eigenvalue weighted by Gasteiger charge is 2.63. The summed E-state index contributed by atoms with van der Waals surface area (Å²) >= 11 is 0. The molecule has 0 radical (unpaired) electrons. The van der Waals surface area contributed by atoms with Crippen molar-refractivity contribution in [2.45, 2.75) is 110 Å². The maximum absolute atomic E-state index is 12.1. The molecule has 1 heterocycles. The van der Waals surface area contributed by atoms with Gasteiger partial charge in [-0.1, -0.05) is 0 Å². The van der Waals surface area contributed by atoms with Gasteiger partial charge in [-0.25, -0.2) is 0 Å². The van der Waals surface area contributed by atoms with E-state index in [1.54, 1.807) is 0 Å². The summed E-state index contributed by atoms with van der Waals surface area (Å²) in [6, 6.07) is 0. The maximum atomic E-state index is 12.1. The number of fused-ring (bicyclic) bond motifs is 1. The molecule has 3 fully saturated rings. The maximum Gasteiger partial charge on any atom is 0.307 e. The van der Waals surface area contributed by atoms with E-state index in [2.05, 4.69) is 0 Å². The average molecular weight is 663 g/mol. The molecule has 45 heavy (non-hydrogen) atoms. The Morgan fingerprint density at radius 3 is 1.40 bits per heavy atom. The first-order valence-corrected chi connectivity index (χ1v) is 15.3. The first-order valence-electron chi connectivity index (χ1n) is 14.1. The Hall–Kier alpha value is -3.61. The minimum Gasteiger partial charge on any atom is -0.463 e. The van der Waals surface area contributed by atoms with E-state index in [1.165, 1.54) is 6.92 Å². The van der Waals surface area contributed by atoms with Crippen LogP contribution in [-0.2, 0) is 80.3 Å². The Balaban J connectivity index is 1.86. The number of carbonyl (C=O) groups is 7. The van der Waals surface area contributed by atoms with Crippen molar-refractivity contribution in [1.29, 1.82) is 0 Å². The first kappa shape index (κ1) is 35.9. The van der Waals surface area contributed by atoms with Crippen molar-refractivity contribution >= 4 is 51.8 Å². The van der Waals surface area contributed by atoms with Gasteiger partial charge in [-0.05, 0) is 12.3 Å². The van der Waals surface area contributed by atoms with Crippen LogP contribution in [0.25, 0.3) is 0 Å². The summed E-state index contributed by atoms with van der Waals surface area (Å²) in [5.74, 6) is -5.58. The fourth-order valence-electron chi connectivity index (χ4n) is 5.58. The highest BCUT2D eigenvalue weighted by atomic mass is 28.3. The summed E-state index contributed by atoms with van der Waals surface area (Å²) in [6.45, 7) is 7.51. The van der Waals surface area contributed by atoms with Gasteiger partial charge in [0.25, 0.3) is 0 Å². The molecular weight excluding hydrogens is 624 g/mol. The standard InChI is InChI=1S/C27H38O17Si/c1-10(28)35-9-19-22(37-12(3)30)25(40-15(6)33)26(41-16(7)34)27(42-19)44-45-43-21-18-8-17(18)20(36-11(2)29)23(38-13(4)31)24(21)39-14(5)32/h17-27H,8-9,45H2,1-7H3. The van der Waals surface area contributed by atoms with Gasteiger partial charge in [0.05, 0.1) is 6.10 Å². The molecule has 0 bridgehead atoms. The zero-order valence-electron chi connectivity index (χ0n) is 25.9. The molecule has 11 unspecified atom stereocenters. The molecule has 1 aliphatic heterocycles. The monoisotopic (exact) mass is 662 g/mol. The molecule has 17 nitrogen and oxygen atoms in total.